The Bertz CT molecular complexity index is 850. The van der Waals surface area contributed by atoms with Gasteiger partial charge in [0.25, 0.3) is 5.56 Å². The number of aromatic hydroxyl groups is 1. The number of nitrogens with zero attached hydrogens (tertiary/aromatic N) is 3. The molecule has 0 saturated carbocycles. The lowest BCUT2D eigenvalue weighted by molar-refractivity contribution is 0.403. The predicted octanol–water partition coefficient (Wildman–Crippen LogP) is 0.910. The molecule has 7 heteroatoms. The summed E-state index contributed by atoms with van der Waals surface area (Å²) < 4.78 is 1.08. The van der Waals surface area contributed by atoms with Crippen molar-refractivity contribution < 1.29 is 5.11 Å². The van der Waals surface area contributed by atoms with Crippen LogP contribution in [0.15, 0.2) is 38.8 Å². The molecule has 0 saturated heterocycles. The van der Waals surface area contributed by atoms with E-state index in [9.17, 15) is 14.7 Å². The fourth-order valence-corrected chi connectivity index (χ4v) is 2.33. The molecule has 0 fully saturated rings. The smallest absolute Gasteiger partial charge is 0.335 e. The molecule has 0 bridgehead atoms. The summed E-state index contributed by atoms with van der Waals surface area (Å²) in [6.07, 6.45) is 2.15. The average Bonchev–Trinajstić information content (AvgIpc) is 2.51. The number of hydrogen-bond donors (Lipinski definition) is 2. The topological polar surface area (TPSA) is 90.7 Å². The van der Waals surface area contributed by atoms with Gasteiger partial charge in [-0.15, -0.1) is 0 Å². The van der Waals surface area contributed by atoms with Gasteiger partial charge in [0.15, 0.2) is 0 Å². The number of hydrogen-bond acceptors (Lipinski definition) is 5. The number of H-pyrrole nitrogens is 1. The van der Waals surface area contributed by atoms with Gasteiger partial charge in [-0.2, -0.15) is 0 Å². The molecule has 1 aromatic heterocycles. The van der Waals surface area contributed by atoms with Crippen LogP contribution in [0.4, 0.5) is 0 Å². The molecular formula is C17H22N4O3. The van der Waals surface area contributed by atoms with Crippen LogP contribution in [0.5, 0.6) is 5.88 Å². The van der Waals surface area contributed by atoms with Crippen LogP contribution in [0.3, 0.4) is 0 Å². The highest BCUT2D eigenvalue weighted by Crippen LogP contribution is 2.18. The third-order valence-corrected chi connectivity index (χ3v) is 3.59. The second kappa shape index (κ2) is 7.74. The monoisotopic (exact) mass is 330 g/mol. The number of aromatic amines is 1. The molecule has 24 heavy (non-hydrogen) atoms. The molecular weight excluding hydrogens is 308 g/mol. The van der Waals surface area contributed by atoms with Crippen molar-refractivity contribution in [3.8, 4) is 11.6 Å². The van der Waals surface area contributed by atoms with Gasteiger partial charge in [0.05, 0.1) is 5.69 Å². The van der Waals surface area contributed by atoms with E-state index in [0.717, 1.165) is 23.1 Å². The van der Waals surface area contributed by atoms with E-state index in [-0.39, 0.29) is 5.56 Å². The first-order valence-electron chi connectivity index (χ1n) is 7.70. The van der Waals surface area contributed by atoms with Crippen molar-refractivity contribution in [2.24, 2.45) is 4.99 Å². The van der Waals surface area contributed by atoms with Crippen LogP contribution in [0.2, 0.25) is 0 Å². The third-order valence-electron chi connectivity index (χ3n) is 3.59. The fourth-order valence-electron chi connectivity index (χ4n) is 2.33. The maximum absolute atomic E-state index is 12.1. The lowest BCUT2D eigenvalue weighted by Crippen LogP contribution is -2.31. The van der Waals surface area contributed by atoms with E-state index in [1.165, 1.54) is 6.21 Å². The molecule has 1 aromatic carbocycles. The second-order valence-corrected chi connectivity index (χ2v) is 5.81. The number of para-hydroxylation sites is 1. The highest BCUT2D eigenvalue weighted by molar-refractivity contribution is 5.82. The van der Waals surface area contributed by atoms with Crippen LogP contribution < -0.4 is 11.2 Å². The van der Waals surface area contributed by atoms with Gasteiger partial charge < -0.3 is 10.0 Å². The third kappa shape index (κ3) is 3.99. The molecule has 0 aliphatic carbocycles. The molecule has 2 rings (SSSR count). The van der Waals surface area contributed by atoms with Gasteiger partial charge in [-0.05, 0) is 45.6 Å². The fraction of sp³-hybridized carbons (Fsp3) is 0.353. The van der Waals surface area contributed by atoms with Crippen molar-refractivity contribution >= 4 is 6.21 Å². The Morgan fingerprint density at radius 2 is 2.00 bits per heavy atom. The molecule has 0 radical (unpaired) electrons. The minimum Gasteiger partial charge on any atom is -0.493 e. The van der Waals surface area contributed by atoms with Crippen LogP contribution in [-0.2, 0) is 0 Å². The number of aliphatic imine (C=N–C) groups is 1. The Morgan fingerprint density at radius 3 is 2.67 bits per heavy atom. The molecule has 128 valence electrons. The number of aromatic nitrogens is 2. The minimum atomic E-state index is -0.684. The van der Waals surface area contributed by atoms with Crippen LogP contribution in [-0.4, -0.2) is 53.0 Å². The van der Waals surface area contributed by atoms with E-state index in [0.29, 0.717) is 12.2 Å². The van der Waals surface area contributed by atoms with Crippen molar-refractivity contribution in [3.63, 3.8) is 0 Å². The Labute approximate surface area is 139 Å². The molecule has 2 aromatic rings. The van der Waals surface area contributed by atoms with Crippen molar-refractivity contribution in [3.05, 3.63) is 56.2 Å². The van der Waals surface area contributed by atoms with Crippen molar-refractivity contribution in [1.82, 2.24) is 14.5 Å². The first kappa shape index (κ1) is 17.7. The largest absolute Gasteiger partial charge is 0.493 e. The Morgan fingerprint density at radius 1 is 1.29 bits per heavy atom. The molecule has 0 aliphatic rings. The molecule has 0 atom stereocenters. The van der Waals surface area contributed by atoms with Crippen LogP contribution in [0.25, 0.3) is 5.69 Å². The van der Waals surface area contributed by atoms with E-state index >= 15 is 0 Å². The summed E-state index contributed by atoms with van der Waals surface area (Å²) in [7, 11) is 3.94. The van der Waals surface area contributed by atoms with Gasteiger partial charge in [0.2, 0.25) is 5.88 Å². The molecule has 0 aliphatic heterocycles. The zero-order valence-corrected chi connectivity index (χ0v) is 14.1. The van der Waals surface area contributed by atoms with E-state index in [1.807, 2.05) is 38.1 Å². The zero-order valence-electron chi connectivity index (χ0n) is 14.1. The molecule has 7 nitrogen and oxygen atoms in total. The maximum atomic E-state index is 12.1. The molecule has 0 amide bonds. The van der Waals surface area contributed by atoms with Crippen molar-refractivity contribution in [2.45, 2.75) is 13.3 Å². The summed E-state index contributed by atoms with van der Waals surface area (Å²) in [4.78, 5) is 32.5. The van der Waals surface area contributed by atoms with Crippen molar-refractivity contribution in [2.75, 3.05) is 27.2 Å². The van der Waals surface area contributed by atoms with Gasteiger partial charge in [-0.25, -0.2) is 9.36 Å². The quantitative estimate of drug-likeness (QED) is 0.608. The molecule has 1 heterocycles. The standard InChI is InChI=1S/C17H22N4O3/c1-12-7-4-5-8-14(12)21-16(23)13(15(22)19-17(21)24)11-18-9-6-10-20(2)3/h4-5,7-8,11,23H,6,9-10H2,1-3H3,(H,19,22,24). The predicted molar refractivity (Wildman–Crippen MR) is 94.7 cm³/mol. The summed E-state index contributed by atoms with van der Waals surface area (Å²) in [5.74, 6) is -0.408. The highest BCUT2D eigenvalue weighted by Gasteiger charge is 2.15. The van der Waals surface area contributed by atoms with Crippen LogP contribution in [0.1, 0.15) is 17.5 Å². The minimum absolute atomic E-state index is 0.0253. The normalized spacial score (nSPS) is 11.5. The number of benzene rings is 1. The first-order valence-corrected chi connectivity index (χ1v) is 7.70. The average molecular weight is 330 g/mol. The highest BCUT2D eigenvalue weighted by atomic mass is 16.3. The Balaban J connectivity index is 2.39. The van der Waals surface area contributed by atoms with Gasteiger partial charge in [0.1, 0.15) is 5.56 Å². The summed E-state index contributed by atoms with van der Waals surface area (Å²) >= 11 is 0. The van der Waals surface area contributed by atoms with E-state index in [2.05, 4.69) is 9.98 Å². The van der Waals surface area contributed by atoms with Crippen LogP contribution >= 0.6 is 0 Å². The molecule has 0 spiro atoms. The second-order valence-electron chi connectivity index (χ2n) is 5.81. The van der Waals surface area contributed by atoms with Gasteiger partial charge >= 0.3 is 5.69 Å². The van der Waals surface area contributed by atoms with Gasteiger partial charge in [0, 0.05) is 12.8 Å². The van der Waals surface area contributed by atoms with Gasteiger partial charge in [-0.3, -0.25) is 14.8 Å². The molecule has 2 N–H and O–H groups in total. The summed E-state index contributed by atoms with van der Waals surface area (Å²) in [5.41, 5.74) is -0.0488. The van der Waals surface area contributed by atoms with Crippen LogP contribution in [0, 0.1) is 6.92 Å². The summed E-state index contributed by atoms with van der Waals surface area (Å²) in [5, 5.41) is 10.4. The SMILES string of the molecule is Cc1ccccc1-n1c(O)c(C=NCCCN(C)C)c(=O)[nH]c1=O. The summed E-state index contributed by atoms with van der Waals surface area (Å²) in [6.45, 7) is 3.23. The van der Waals surface area contributed by atoms with E-state index < -0.39 is 17.1 Å². The van der Waals surface area contributed by atoms with E-state index in [4.69, 9.17) is 0 Å². The Kier molecular flexibility index (Phi) is 5.70. The number of rotatable bonds is 6. The Hall–Kier alpha value is -2.67. The lowest BCUT2D eigenvalue weighted by atomic mass is 10.2. The number of nitrogens with one attached hydrogen (secondary N) is 1. The van der Waals surface area contributed by atoms with E-state index in [1.54, 1.807) is 12.1 Å². The summed E-state index contributed by atoms with van der Waals surface area (Å²) in [6, 6.07) is 7.11. The van der Waals surface area contributed by atoms with Gasteiger partial charge in [-0.1, -0.05) is 18.2 Å². The van der Waals surface area contributed by atoms with Crippen molar-refractivity contribution in [1.29, 1.82) is 0 Å². The molecule has 0 unspecified atom stereocenters. The lowest BCUT2D eigenvalue weighted by Gasteiger charge is -2.11. The zero-order chi connectivity index (χ0) is 17.7. The maximum Gasteiger partial charge on any atom is 0.335 e. The number of aryl methyl sites for hydroxylation is 1. The first-order chi connectivity index (χ1) is 11.4.